The molecule has 8 heteroatoms. The Balaban J connectivity index is 1.52. The van der Waals surface area contributed by atoms with Gasteiger partial charge in [-0.2, -0.15) is 5.10 Å². The third kappa shape index (κ3) is 4.80. The largest absolute Gasteiger partial charge is 0.488 e. The molecule has 0 N–H and O–H groups in total. The summed E-state index contributed by atoms with van der Waals surface area (Å²) in [5.41, 5.74) is 2.26. The van der Waals surface area contributed by atoms with Crippen LogP contribution < -0.4 is 4.74 Å². The zero-order chi connectivity index (χ0) is 20.2. The van der Waals surface area contributed by atoms with Gasteiger partial charge >= 0.3 is 0 Å². The Kier molecular flexibility index (Phi) is 6.18. The van der Waals surface area contributed by atoms with Crippen molar-refractivity contribution in [3.8, 4) is 5.75 Å². The molecule has 2 aliphatic heterocycles. The number of aryl methyl sites for hydroxylation is 1. The van der Waals surface area contributed by atoms with E-state index in [0.29, 0.717) is 29.4 Å². The Hall–Kier alpha value is -2.35. The van der Waals surface area contributed by atoms with Crippen molar-refractivity contribution in [2.24, 2.45) is 7.05 Å². The summed E-state index contributed by atoms with van der Waals surface area (Å²) in [5.74, 6) is 0.756. The van der Waals surface area contributed by atoms with E-state index in [4.69, 9.17) is 21.1 Å². The van der Waals surface area contributed by atoms with Crippen LogP contribution in [-0.2, 0) is 23.1 Å². The minimum atomic E-state index is -0.0468. The molecule has 2 aliphatic rings. The van der Waals surface area contributed by atoms with E-state index in [1.165, 1.54) is 0 Å². The smallest absolute Gasteiger partial charge is 0.253 e. The minimum Gasteiger partial charge on any atom is -0.488 e. The average molecular weight is 417 g/mol. The monoisotopic (exact) mass is 416 g/mol. The van der Waals surface area contributed by atoms with Gasteiger partial charge in [-0.25, -0.2) is 0 Å². The fourth-order valence-electron chi connectivity index (χ4n) is 3.58. The highest BCUT2D eigenvalue weighted by atomic mass is 35.5. The molecular weight excluding hydrogens is 392 g/mol. The number of ether oxygens (including phenoxy) is 2. The van der Waals surface area contributed by atoms with Gasteiger partial charge in [-0.15, -0.1) is 0 Å². The number of fused-ring (bicyclic) bond motifs is 1. The first-order chi connectivity index (χ1) is 14.1. The van der Waals surface area contributed by atoms with Crippen molar-refractivity contribution in [2.45, 2.75) is 6.54 Å². The second kappa shape index (κ2) is 8.98. The van der Waals surface area contributed by atoms with Crippen LogP contribution in [0.2, 0.25) is 5.02 Å². The van der Waals surface area contributed by atoms with Crippen molar-refractivity contribution in [3.05, 3.63) is 52.3 Å². The molecule has 0 aliphatic carbocycles. The molecule has 0 saturated carbocycles. The normalized spacial score (nSPS) is 16.7. The van der Waals surface area contributed by atoms with E-state index in [-0.39, 0.29) is 12.5 Å². The lowest BCUT2D eigenvalue weighted by atomic mass is 10.1. The van der Waals surface area contributed by atoms with Crippen LogP contribution in [0.25, 0.3) is 6.08 Å². The number of hydrogen-bond donors (Lipinski definition) is 0. The van der Waals surface area contributed by atoms with Crippen LogP contribution in [0.15, 0.2) is 36.0 Å². The standard InChI is InChI=1S/C21H25ClN4O3/c1-24-13-18(22)19(23-24)14-26(7-6-25-8-10-28-11-9-25)21(27)17-12-16-4-2-3-5-20(16)29-15-17/h2-5,12-13H,6-11,14-15H2,1H3. The van der Waals surface area contributed by atoms with E-state index < -0.39 is 0 Å². The van der Waals surface area contributed by atoms with Crippen molar-refractivity contribution >= 4 is 23.6 Å². The van der Waals surface area contributed by atoms with Gasteiger partial charge < -0.3 is 14.4 Å². The van der Waals surface area contributed by atoms with Gasteiger partial charge in [0.2, 0.25) is 0 Å². The van der Waals surface area contributed by atoms with Crippen LogP contribution in [0.5, 0.6) is 5.75 Å². The molecule has 3 heterocycles. The van der Waals surface area contributed by atoms with E-state index in [1.54, 1.807) is 10.9 Å². The Bertz CT molecular complexity index is 905. The van der Waals surface area contributed by atoms with Crippen molar-refractivity contribution in [3.63, 3.8) is 0 Å². The second-order valence-corrected chi connectivity index (χ2v) is 7.68. The molecule has 2 aromatic rings. The number of benzene rings is 1. The number of aromatic nitrogens is 2. The average Bonchev–Trinajstić information content (AvgIpc) is 3.07. The third-order valence-corrected chi connectivity index (χ3v) is 5.49. The minimum absolute atomic E-state index is 0.0468. The summed E-state index contributed by atoms with van der Waals surface area (Å²) in [7, 11) is 1.82. The van der Waals surface area contributed by atoms with Gasteiger partial charge in [0.25, 0.3) is 5.91 Å². The lowest BCUT2D eigenvalue weighted by Crippen LogP contribution is -2.43. The molecule has 1 amide bonds. The second-order valence-electron chi connectivity index (χ2n) is 7.27. The topological polar surface area (TPSA) is 59.8 Å². The van der Waals surface area contributed by atoms with Gasteiger partial charge in [0.1, 0.15) is 18.1 Å². The molecule has 29 heavy (non-hydrogen) atoms. The quantitative estimate of drug-likeness (QED) is 0.722. The molecule has 1 aromatic heterocycles. The van der Waals surface area contributed by atoms with E-state index in [0.717, 1.165) is 44.2 Å². The predicted molar refractivity (Wildman–Crippen MR) is 111 cm³/mol. The van der Waals surface area contributed by atoms with Crippen molar-refractivity contribution in [2.75, 3.05) is 46.0 Å². The molecule has 0 atom stereocenters. The highest BCUT2D eigenvalue weighted by Gasteiger charge is 2.25. The van der Waals surface area contributed by atoms with E-state index in [2.05, 4.69) is 10.00 Å². The molecule has 1 saturated heterocycles. The highest BCUT2D eigenvalue weighted by Crippen LogP contribution is 2.27. The number of hydrogen-bond acceptors (Lipinski definition) is 5. The molecule has 1 aromatic carbocycles. The number of amides is 1. The summed E-state index contributed by atoms with van der Waals surface area (Å²) in [6, 6.07) is 7.74. The first-order valence-corrected chi connectivity index (χ1v) is 10.2. The molecule has 4 rings (SSSR count). The number of carbonyl (C=O) groups excluding carboxylic acids is 1. The first-order valence-electron chi connectivity index (χ1n) is 9.80. The van der Waals surface area contributed by atoms with Crippen LogP contribution in [0.1, 0.15) is 11.3 Å². The number of rotatable bonds is 6. The van der Waals surface area contributed by atoms with Gasteiger partial charge in [-0.3, -0.25) is 14.4 Å². The number of halogens is 1. The number of para-hydroxylation sites is 1. The Labute approximate surface area is 175 Å². The lowest BCUT2D eigenvalue weighted by Gasteiger charge is -2.30. The Morgan fingerprint density at radius 2 is 2.07 bits per heavy atom. The molecule has 1 fully saturated rings. The van der Waals surface area contributed by atoms with E-state index >= 15 is 0 Å². The molecule has 0 bridgehead atoms. The van der Waals surface area contributed by atoms with Gasteiger partial charge in [0.15, 0.2) is 0 Å². The summed E-state index contributed by atoms with van der Waals surface area (Å²) < 4.78 is 12.9. The van der Waals surface area contributed by atoms with Crippen LogP contribution >= 0.6 is 11.6 Å². The maximum absolute atomic E-state index is 13.4. The zero-order valence-corrected chi connectivity index (χ0v) is 17.3. The van der Waals surface area contributed by atoms with E-state index in [1.807, 2.05) is 42.3 Å². The fourth-order valence-corrected chi connectivity index (χ4v) is 3.81. The van der Waals surface area contributed by atoms with E-state index in [9.17, 15) is 4.79 Å². The summed E-state index contributed by atoms with van der Waals surface area (Å²) in [4.78, 5) is 17.5. The van der Waals surface area contributed by atoms with Crippen molar-refractivity contribution in [1.29, 1.82) is 0 Å². The van der Waals surface area contributed by atoms with Crippen LogP contribution in [0, 0.1) is 0 Å². The zero-order valence-electron chi connectivity index (χ0n) is 16.5. The van der Waals surface area contributed by atoms with Gasteiger partial charge in [-0.05, 0) is 12.1 Å². The SMILES string of the molecule is Cn1cc(Cl)c(CN(CCN2CCOCC2)C(=O)C2=Cc3ccccc3OC2)n1. The number of nitrogens with zero attached hydrogens (tertiary/aromatic N) is 4. The van der Waals surface area contributed by atoms with Crippen molar-refractivity contribution < 1.29 is 14.3 Å². The van der Waals surface area contributed by atoms with Gasteiger partial charge in [-0.1, -0.05) is 29.8 Å². The fraction of sp³-hybridized carbons (Fsp3) is 0.429. The Morgan fingerprint density at radius 1 is 1.28 bits per heavy atom. The predicted octanol–water partition coefficient (Wildman–Crippen LogP) is 2.21. The molecule has 7 nitrogen and oxygen atoms in total. The van der Waals surface area contributed by atoms with Gasteiger partial charge in [0.05, 0.1) is 30.4 Å². The number of carbonyl (C=O) groups is 1. The highest BCUT2D eigenvalue weighted by molar-refractivity contribution is 6.31. The van der Waals surface area contributed by atoms with Crippen LogP contribution in [0.4, 0.5) is 0 Å². The molecule has 0 spiro atoms. The number of morpholine rings is 1. The van der Waals surface area contributed by atoms with Crippen LogP contribution in [-0.4, -0.2) is 71.5 Å². The lowest BCUT2D eigenvalue weighted by molar-refractivity contribution is -0.128. The summed E-state index contributed by atoms with van der Waals surface area (Å²) in [6.07, 6.45) is 3.67. The van der Waals surface area contributed by atoms with Crippen molar-refractivity contribution in [1.82, 2.24) is 19.6 Å². The maximum atomic E-state index is 13.4. The van der Waals surface area contributed by atoms with Crippen LogP contribution in [0.3, 0.4) is 0 Å². The Morgan fingerprint density at radius 3 is 2.83 bits per heavy atom. The molecule has 0 unspecified atom stereocenters. The summed E-state index contributed by atoms with van der Waals surface area (Å²) in [6.45, 7) is 5.22. The maximum Gasteiger partial charge on any atom is 0.253 e. The third-order valence-electron chi connectivity index (χ3n) is 5.18. The van der Waals surface area contributed by atoms with Gasteiger partial charge in [0, 0.05) is 45.0 Å². The summed E-state index contributed by atoms with van der Waals surface area (Å²) >= 11 is 6.31. The summed E-state index contributed by atoms with van der Waals surface area (Å²) in [5, 5.41) is 4.98. The first kappa shape index (κ1) is 19.9. The molecular formula is C21H25ClN4O3. The molecule has 154 valence electrons. The molecule has 0 radical (unpaired) electrons.